The molecule has 1 aromatic rings. The Kier molecular flexibility index (Phi) is 4.10. The number of Topliss-reactive ketones (excluding diaryl/α,β-unsaturated/α-hetero) is 1. The number of methoxy groups -OCH3 is 1. The van der Waals surface area contributed by atoms with Crippen LogP contribution in [0.4, 0.5) is 5.69 Å². The van der Waals surface area contributed by atoms with E-state index in [-0.39, 0.29) is 18.1 Å². The summed E-state index contributed by atoms with van der Waals surface area (Å²) in [6, 6.07) is 7.79. The number of nitrogens with zero attached hydrogens (tertiary/aromatic N) is 1. The van der Waals surface area contributed by atoms with Crippen LogP contribution in [0.25, 0.3) is 0 Å². The van der Waals surface area contributed by atoms with E-state index in [1.807, 2.05) is 24.3 Å². The monoisotopic (exact) mass is 247 g/mol. The van der Waals surface area contributed by atoms with E-state index in [4.69, 9.17) is 4.74 Å². The molecule has 1 aromatic carbocycles. The molecule has 1 aliphatic rings. The first kappa shape index (κ1) is 12.8. The average Bonchev–Trinajstić information content (AvgIpc) is 2.37. The molecule has 1 aliphatic heterocycles. The van der Waals surface area contributed by atoms with Gasteiger partial charge in [-0.1, -0.05) is 18.2 Å². The van der Waals surface area contributed by atoms with Crippen molar-refractivity contribution in [3.63, 3.8) is 0 Å². The van der Waals surface area contributed by atoms with E-state index in [0.29, 0.717) is 19.6 Å². The number of piperidine rings is 1. The minimum atomic E-state index is -0.101. The van der Waals surface area contributed by atoms with Gasteiger partial charge in [-0.05, 0) is 18.1 Å². The molecule has 0 unspecified atom stereocenters. The Morgan fingerprint density at radius 3 is 2.78 bits per heavy atom. The number of hydrogen-bond donors (Lipinski definition) is 0. The number of ketones is 1. The van der Waals surface area contributed by atoms with Crippen molar-refractivity contribution in [3.05, 3.63) is 29.8 Å². The largest absolute Gasteiger partial charge is 0.384 e. The number of benzene rings is 1. The van der Waals surface area contributed by atoms with E-state index in [1.165, 1.54) is 0 Å². The van der Waals surface area contributed by atoms with Gasteiger partial charge in [-0.15, -0.1) is 0 Å². The van der Waals surface area contributed by atoms with Crippen LogP contribution >= 0.6 is 0 Å². The third-order valence-electron chi connectivity index (χ3n) is 3.12. The molecule has 1 amide bonds. The highest BCUT2D eigenvalue weighted by Crippen LogP contribution is 2.24. The Morgan fingerprint density at radius 2 is 2.06 bits per heavy atom. The summed E-state index contributed by atoms with van der Waals surface area (Å²) in [4.78, 5) is 24.9. The first-order valence-electron chi connectivity index (χ1n) is 6.11. The SMILES string of the molecule is COCCc1ccccc1N1CCC(=O)CC1=O. The van der Waals surface area contributed by atoms with Gasteiger partial charge in [0.05, 0.1) is 13.0 Å². The molecule has 0 radical (unpaired) electrons. The molecule has 0 N–H and O–H groups in total. The molecule has 0 atom stereocenters. The van der Waals surface area contributed by atoms with Crippen LogP contribution in [-0.4, -0.2) is 32.0 Å². The molecule has 0 bridgehead atoms. The van der Waals surface area contributed by atoms with Crippen molar-refractivity contribution >= 4 is 17.4 Å². The van der Waals surface area contributed by atoms with Crippen molar-refractivity contribution in [2.75, 3.05) is 25.2 Å². The maximum Gasteiger partial charge on any atom is 0.234 e. The first-order valence-corrected chi connectivity index (χ1v) is 6.11. The second kappa shape index (κ2) is 5.78. The second-order valence-electron chi connectivity index (χ2n) is 4.38. The molecule has 4 nitrogen and oxygen atoms in total. The molecule has 0 aromatic heterocycles. The Balaban J connectivity index is 2.21. The standard InChI is InChI=1S/C14H17NO3/c1-18-9-7-11-4-2-3-5-13(11)15-8-6-12(16)10-14(15)17/h2-5H,6-10H2,1H3. The highest BCUT2D eigenvalue weighted by atomic mass is 16.5. The maximum absolute atomic E-state index is 11.9. The molecule has 0 aliphatic carbocycles. The molecular formula is C14H17NO3. The topological polar surface area (TPSA) is 46.6 Å². The van der Waals surface area contributed by atoms with E-state index in [2.05, 4.69) is 0 Å². The summed E-state index contributed by atoms with van der Waals surface area (Å²) >= 11 is 0. The fourth-order valence-corrected chi connectivity index (χ4v) is 2.17. The van der Waals surface area contributed by atoms with Gasteiger partial charge in [0.2, 0.25) is 5.91 Å². The third kappa shape index (κ3) is 2.76. The lowest BCUT2D eigenvalue weighted by molar-refractivity contribution is -0.128. The summed E-state index contributed by atoms with van der Waals surface area (Å²) in [7, 11) is 1.66. The summed E-state index contributed by atoms with van der Waals surface area (Å²) in [6.07, 6.45) is 1.24. The van der Waals surface area contributed by atoms with Crippen LogP contribution in [0.1, 0.15) is 18.4 Å². The zero-order chi connectivity index (χ0) is 13.0. The van der Waals surface area contributed by atoms with Crippen LogP contribution in [0.5, 0.6) is 0 Å². The quantitative estimate of drug-likeness (QED) is 0.759. The summed E-state index contributed by atoms with van der Waals surface area (Å²) in [5.41, 5.74) is 1.99. The third-order valence-corrected chi connectivity index (χ3v) is 3.12. The van der Waals surface area contributed by atoms with Crippen LogP contribution < -0.4 is 4.90 Å². The zero-order valence-corrected chi connectivity index (χ0v) is 10.5. The van der Waals surface area contributed by atoms with Crippen LogP contribution in [0.2, 0.25) is 0 Å². The number of hydrogen-bond acceptors (Lipinski definition) is 3. The van der Waals surface area contributed by atoms with Gasteiger partial charge in [0.25, 0.3) is 0 Å². The van der Waals surface area contributed by atoms with Gasteiger partial charge in [0.1, 0.15) is 5.78 Å². The molecule has 0 saturated carbocycles. The fraction of sp³-hybridized carbons (Fsp3) is 0.429. The van der Waals surface area contributed by atoms with Gasteiger partial charge in [-0.25, -0.2) is 0 Å². The molecule has 96 valence electrons. The smallest absolute Gasteiger partial charge is 0.234 e. The van der Waals surface area contributed by atoms with Crippen LogP contribution in [0.15, 0.2) is 24.3 Å². The normalized spacial score (nSPS) is 16.2. The van der Waals surface area contributed by atoms with Crippen molar-refractivity contribution in [1.82, 2.24) is 0 Å². The van der Waals surface area contributed by atoms with Crippen LogP contribution in [0, 0.1) is 0 Å². The molecule has 0 spiro atoms. The van der Waals surface area contributed by atoms with E-state index in [9.17, 15) is 9.59 Å². The number of para-hydroxylation sites is 1. The van der Waals surface area contributed by atoms with Crippen molar-refractivity contribution in [2.45, 2.75) is 19.3 Å². The van der Waals surface area contributed by atoms with Crippen molar-refractivity contribution in [2.24, 2.45) is 0 Å². The molecule has 4 heteroatoms. The summed E-state index contributed by atoms with van der Waals surface area (Å²) in [5.74, 6) is -0.0678. The Morgan fingerprint density at radius 1 is 1.28 bits per heavy atom. The molecule has 1 fully saturated rings. The highest BCUT2D eigenvalue weighted by molar-refractivity contribution is 6.08. The predicted octanol–water partition coefficient (Wildman–Crippen LogP) is 1.57. The van der Waals surface area contributed by atoms with Gasteiger partial charge < -0.3 is 9.64 Å². The minimum Gasteiger partial charge on any atom is -0.384 e. The van der Waals surface area contributed by atoms with Crippen molar-refractivity contribution < 1.29 is 14.3 Å². The van der Waals surface area contributed by atoms with E-state index >= 15 is 0 Å². The van der Waals surface area contributed by atoms with Gasteiger partial charge in [0.15, 0.2) is 0 Å². The Bertz CT molecular complexity index is 456. The number of carbonyl (C=O) groups is 2. The zero-order valence-electron chi connectivity index (χ0n) is 10.5. The van der Waals surface area contributed by atoms with Gasteiger partial charge >= 0.3 is 0 Å². The van der Waals surface area contributed by atoms with E-state index in [0.717, 1.165) is 17.7 Å². The molecule has 2 rings (SSSR count). The van der Waals surface area contributed by atoms with Crippen molar-refractivity contribution in [1.29, 1.82) is 0 Å². The Hall–Kier alpha value is -1.68. The molecule has 18 heavy (non-hydrogen) atoms. The average molecular weight is 247 g/mol. The van der Waals surface area contributed by atoms with Crippen LogP contribution in [-0.2, 0) is 20.7 Å². The lowest BCUT2D eigenvalue weighted by atomic mass is 10.0. The molecular weight excluding hydrogens is 230 g/mol. The number of rotatable bonds is 4. The summed E-state index contributed by atoms with van der Waals surface area (Å²) < 4.78 is 5.07. The lowest BCUT2D eigenvalue weighted by Crippen LogP contribution is -2.39. The minimum absolute atomic E-state index is 0.0264. The van der Waals surface area contributed by atoms with Gasteiger partial charge in [0, 0.05) is 25.8 Å². The Labute approximate surface area is 107 Å². The number of anilines is 1. The van der Waals surface area contributed by atoms with Crippen LogP contribution in [0.3, 0.4) is 0 Å². The second-order valence-corrected chi connectivity index (χ2v) is 4.38. The number of amides is 1. The molecule has 1 saturated heterocycles. The molecule has 1 heterocycles. The number of carbonyl (C=O) groups excluding carboxylic acids is 2. The predicted molar refractivity (Wildman–Crippen MR) is 68.6 cm³/mol. The van der Waals surface area contributed by atoms with Crippen molar-refractivity contribution in [3.8, 4) is 0 Å². The fourth-order valence-electron chi connectivity index (χ4n) is 2.17. The van der Waals surface area contributed by atoms with E-state index in [1.54, 1.807) is 12.0 Å². The summed E-state index contributed by atoms with van der Waals surface area (Å²) in [6.45, 7) is 1.11. The number of ether oxygens (including phenoxy) is 1. The first-order chi connectivity index (χ1) is 8.72. The lowest BCUT2D eigenvalue weighted by Gasteiger charge is -2.28. The highest BCUT2D eigenvalue weighted by Gasteiger charge is 2.25. The van der Waals surface area contributed by atoms with E-state index < -0.39 is 0 Å². The summed E-state index contributed by atoms with van der Waals surface area (Å²) in [5, 5.41) is 0. The van der Waals surface area contributed by atoms with Gasteiger partial charge in [-0.2, -0.15) is 0 Å². The maximum atomic E-state index is 11.9. The van der Waals surface area contributed by atoms with Gasteiger partial charge in [-0.3, -0.25) is 9.59 Å².